The quantitative estimate of drug-likeness (QED) is 0.611. The summed E-state index contributed by atoms with van der Waals surface area (Å²) in [5.74, 6) is -2.88. The van der Waals surface area contributed by atoms with Gasteiger partial charge >= 0.3 is 18.5 Å². The molecule has 2 heterocycles. The Kier molecular flexibility index (Phi) is 4.90. The Morgan fingerprint density at radius 1 is 1.20 bits per heavy atom. The van der Waals surface area contributed by atoms with Crippen LogP contribution in [0.5, 0.6) is 5.88 Å². The van der Waals surface area contributed by atoms with Crippen molar-refractivity contribution < 1.29 is 40.6 Å². The van der Waals surface area contributed by atoms with Crippen LogP contribution in [0.3, 0.4) is 0 Å². The summed E-state index contributed by atoms with van der Waals surface area (Å²) < 4.78 is 84.8. The number of halogens is 6. The number of pyridine rings is 1. The molecule has 0 aliphatic heterocycles. The van der Waals surface area contributed by atoms with Crippen molar-refractivity contribution in [1.82, 2.24) is 14.8 Å². The molecular formula is C13H9F6N3O3. The molecule has 0 saturated carbocycles. The molecule has 2 rings (SSSR count). The third-order valence-electron chi connectivity index (χ3n) is 2.68. The number of esters is 1. The van der Waals surface area contributed by atoms with E-state index in [9.17, 15) is 31.1 Å². The Morgan fingerprint density at radius 3 is 2.44 bits per heavy atom. The van der Waals surface area contributed by atoms with Crippen molar-refractivity contribution >= 4 is 5.97 Å². The molecule has 0 aliphatic carbocycles. The topological polar surface area (TPSA) is 66.2 Å². The number of alkyl halides is 6. The minimum atomic E-state index is -5.07. The molecule has 0 amide bonds. The highest BCUT2D eigenvalue weighted by Crippen LogP contribution is 2.34. The second kappa shape index (κ2) is 6.61. The Balaban J connectivity index is 2.53. The summed E-state index contributed by atoms with van der Waals surface area (Å²) in [5.41, 5.74) is -2.42. The van der Waals surface area contributed by atoms with Crippen LogP contribution in [-0.2, 0) is 10.9 Å². The van der Waals surface area contributed by atoms with Crippen molar-refractivity contribution in [2.45, 2.75) is 19.5 Å². The molecule has 6 nitrogen and oxygen atoms in total. The maximum Gasteiger partial charge on any atom is 0.574 e. The van der Waals surface area contributed by atoms with Gasteiger partial charge in [0.15, 0.2) is 11.5 Å². The molecule has 0 bridgehead atoms. The zero-order chi connectivity index (χ0) is 18.8. The molecule has 0 unspecified atom stereocenters. The maximum absolute atomic E-state index is 13.3. The van der Waals surface area contributed by atoms with Gasteiger partial charge in [0.1, 0.15) is 5.56 Å². The fourth-order valence-corrected chi connectivity index (χ4v) is 1.85. The molecule has 2 aromatic heterocycles. The molecule has 136 valence electrons. The molecule has 2 aromatic rings. The number of rotatable bonds is 4. The molecule has 0 aromatic carbocycles. The van der Waals surface area contributed by atoms with Crippen LogP contribution in [-0.4, -0.2) is 33.7 Å². The van der Waals surface area contributed by atoms with Crippen molar-refractivity contribution in [3.05, 3.63) is 35.7 Å². The van der Waals surface area contributed by atoms with Crippen LogP contribution in [0, 0.1) is 0 Å². The summed E-state index contributed by atoms with van der Waals surface area (Å²) in [4.78, 5) is 15.0. The minimum Gasteiger partial charge on any atom is -0.462 e. The molecule has 0 atom stereocenters. The van der Waals surface area contributed by atoms with E-state index in [-0.39, 0.29) is 11.3 Å². The molecule has 12 heteroatoms. The van der Waals surface area contributed by atoms with Crippen LogP contribution in [0.2, 0.25) is 0 Å². The first kappa shape index (κ1) is 18.5. The Hall–Kier alpha value is -2.79. The van der Waals surface area contributed by atoms with Gasteiger partial charge in [-0.05, 0) is 13.0 Å². The van der Waals surface area contributed by atoms with Gasteiger partial charge in [0, 0.05) is 6.07 Å². The fraction of sp³-hybridized carbons (Fsp3) is 0.308. The van der Waals surface area contributed by atoms with E-state index >= 15 is 0 Å². The van der Waals surface area contributed by atoms with Gasteiger partial charge in [-0.2, -0.15) is 23.3 Å². The smallest absolute Gasteiger partial charge is 0.462 e. The first-order chi connectivity index (χ1) is 11.5. The number of hydrogen-bond acceptors (Lipinski definition) is 5. The van der Waals surface area contributed by atoms with E-state index in [0.717, 1.165) is 18.2 Å². The van der Waals surface area contributed by atoms with Crippen molar-refractivity contribution in [2.24, 2.45) is 0 Å². The van der Waals surface area contributed by atoms with Crippen molar-refractivity contribution in [2.75, 3.05) is 6.61 Å². The molecule has 25 heavy (non-hydrogen) atoms. The first-order valence-electron chi connectivity index (χ1n) is 6.58. The lowest BCUT2D eigenvalue weighted by molar-refractivity contribution is -0.276. The normalized spacial score (nSPS) is 12.1. The van der Waals surface area contributed by atoms with Crippen LogP contribution in [0.4, 0.5) is 26.3 Å². The Morgan fingerprint density at radius 2 is 1.88 bits per heavy atom. The summed E-state index contributed by atoms with van der Waals surface area (Å²) >= 11 is 0. The lowest BCUT2D eigenvalue weighted by Crippen LogP contribution is -2.20. The Bertz CT molecular complexity index is 769. The fourth-order valence-electron chi connectivity index (χ4n) is 1.85. The SMILES string of the molecule is CCOC(=O)c1cnn(-c2cccc(OC(F)(F)F)n2)c1C(F)(F)F. The largest absolute Gasteiger partial charge is 0.574 e. The third kappa shape index (κ3) is 4.39. The van der Waals surface area contributed by atoms with Gasteiger partial charge in [-0.15, -0.1) is 13.2 Å². The number of nitrogens with zero attached hydrogens (tertiary/aromatic N) is 3. The molecule has 0 fully saturated rings. The Labute approximate surface area is 136 Å². The highest BCUT2D eigenvalue weighted by Gasteiger charge is 2.41. The summed E-state index contributed by atoms with van der Waals surface area (Å²) in [6.07, 6.45) is -9.51. The second-order valence-corrected chi connectivity index (χ2v) is 4.42. The molecule has 0 radical (unpaired) electrons. The number of aromatic nitrogens is 3. The highest BCUT2D eigenvalue weighted by atomic mass is 19.4. The molecule has 0 N–H and O–H groups in total. The average Bonchev–Trinajstić information content (AvgIpc) is 2.91. The third-order valence-corrected chi connectivity index (χ3v) is 2.68. The van der Waals surface area contributed by atoms with Crippen molar-refractivity contribution in [3.63, 3.8) is 0 Å². The van der Waals surface area contributed by atoms with Gasteiger partial charge in [0.2, 0.25) is 5.88 Å². The molecular weight excluding hydrogens is 360 g/mol. The van der Waals surface area contributed by atoms with E-state index in [1.165, 1.54) is 6.92 Å². The molecule has 0 saturated heterocycles. The predicted molar refractivity (Wildman–Crippen MR) is 69.0 cm³/mol. The zero-order valence-electron chi connectivity index (χ0n) is 12.4. The number of hydrogen-bond donors (Lipinski definition) is 0. The monoisotopic (exact) mass is 369 g/mol. The second-order valence-electron chi connectivity index (χ2n) is 4.42. The van der Waals surface area contributed by atoms with Crippen LogP contribution < -0.4 is 4.74 Å². The van der Waals surface area contributed by atoms with E-state index in [1.807, 2.05) is 0 Å². The van der Waals surface area contributed by atoms with E-state index in [1.54, 1.807) is 0 Å². The van der Waals surface area contributed by atoms with Crippen LogP contribution in [0.1, 0.15) is 23.0 Å². The van der Waals surface area contributed by atoms with E-state index in [4.69, 9.17) is 0 Å². The number of carbonyl (C=O) groups is 1. The summed E-state index contributed by atoms with van der Waals surface area (Å²) in [6.45, 7) is 1.23. The lowest BCUT2D eigenvalue weighted by Gasteiger charge is -2.13. The zero-order valence-corrected chi connectivity index (χ0v) is 12.4. The van der Waals surface area contributed by atoms with Gasteiger partial charge in [0.25, 0.3) is 0 Å². The van der Waals surface area contributed by atoms with Crippen molar-refractivity contribution in [1.29, 1.82) is 0 Å². The lowest BCUT2D eigenvalue weighted by atomic mass is 10.2. The predicted octanol–water partition coefficient (Wildman–Crippen LogP) is 3.36. The van der Waals surface area contributed by atoms with Gasteiger partial charge < -0.3 is 9.47 Å². The number of ether oxygens (including phenoxy) is 2. The standard InChI is InChI=1S/C13H9F6N3O3/c1-2-24-11(23)7-6-20-22(10(7)12(14,15)16)8-4-3-5-9(21-8)25-13(17,18)19/h3-6H,2H2,1H3. The van der Waals surface area contributed by atoms with E-state index in [0.29, 0.717) is 6.20 Å². The molecule has 0 aliphatic rings. The van der Waals surface area contributed by atoms with E-state index in [2.05, 4.69) is 19.6 Å². The minimum absolute atomic E-state index is 0.172. The van der Waals surface area contributed by atoms with Crippen LogP contribution in [0.15, 0.2) is 24.4 Å². The van der Waals surface area contributed by atoms with Crippen LogP contribution >= 0.6 is 0 Å². The number of carbonyl (C=O) groups excluding carboxylic acids is 1. The maximum atomic E-state index is 13.3. The summed E-state index contributed by atoms with van der Waals surface area (Å²) in [7, 11) is 0. The van der Waals surface area contributed by atoms with Gasteiger partial charge in [0.05, 0.1) is 12.8 Å². The molecule has 0 spiro atoms. The van der Waals surface area contributed by atoms with Crippen LogP contribution in [0.25, 0.3) is 5.82 Å². The average molecular weight is 369 g/mol. The first-order valence-corrected chi connectivity index (χ1v) is 6.58. The summed E-state index contributed by atoms with van der Waals surface area (Å²) in [5, 5.41) is 3.39. The van der Waals surface area contributed by atoms with E-state index < -0.39 is 41.5 Å². The van der Waals surface area contributed by atoms with Crippen molar-refractivity contribution in [3.8, 4) is 11.7 Å². The van der Waals surface area contributed by atoms with Gasteiger partial charge in [-0.25, -0.2) is 9.48 Å². The van der Waals surface area contributed by atoms with Gasteiger partial charge in [-0.1, -0.05) is 6.07 Å². The summed E-state index contributed by atoms with van der Waals surface area (Å²) in [6, 6.07) is 2.77. The van der Waals surface area contributed by atoms with Gasteiger partial charge in [-0.3, -0.25) is 0 Å². The highest BCUT2D eigenvalue weighted by molar-refractivity contribution is 5.90.